The van der Waals surface area contributed by atoms with Gasteiger partial charge in [-0.2, -0.15) is 0 Å². The quantitative estimate of drug-likeness (QED) is 0.686. The predicted molar refractivity (Wildman–Crippen MR) is 104 cm³/mol. The van der Waals surface area contributed by atoms with Crippen molar-refractivity contribution in [2.24, 2.45) is 0 Å². The summed E-state index contributed by atoms with van der Waals surface area (Å²) in [6, 6.07) is 16.5. The van der Waals surface area contributed by atoms with Crippen LogP contribution in [0.15, 0.2) is 65.7 Å². The second kappa shape index (κ2) is 6.85. The highest BCUT2D eigenvalue weighted by molar-refractivity contribution is 8.00. The van der Waals surface area contributed by atoms with Crippen LogP contribution in [0.2, 0.25) is 0 Å². The second-order valence-corrected chi connectivity index (χ2v) is 7.43. The number of benzene rings is 2. The van der Waals surface area contributed by atoms with E-state index in [4.69, 9.17) is 9.47 Å². The Morgan fingerprint density at radius 3 is 2.29 bits per heavy atom. The maximum absolute atomic E-state index is 12.7. The van der Waals surface area contributed by atoms with Gasteiger partial charge in [0, 0.05) is 16.7 Å². The number of fused-ring (bicyclic) bond motifs is 3. The van der Waals surface area contributed by atoms with Gasteiger partial charge < -0.3 is 19.1 Å². The van der Waals surface area contributed by atoms with Crippen LogP contribution < -0.4 is 0 Å². The Balaban J connectivity index is 2.11. The molecular formula is C21H17NO5S. The molecule has 7 heteroatoms. The Morgan fingerprint density at radius 1 is 0.964 bits per heavy atom. The van der Waals surface area contributed by atoms with E-state index in [9.17, 15) is 14.7 Å². The first-order valence-electron chi connectivity index (χ1n) is 8.50. The minimum absolute atomic E-state index is 0.0114. The van der Waals surface area contributed by atoms with Gasteiger partial charge in [-0.05, 0) is 12.1 Å². The van der Waals surface area contributed by atoms with Crippen LogP contribution in [0.4, 0.5) is 0 Å². The van der Waals surface area contributed by atoms with Crippen molar-refractivity contribution in [3.8, 4) is 5.69 Å². The molecule has 4 rings (SSSR count). The number of para-hydroxylation sites is 1. The van der Waals surface area contributed by atoms with Gasteiger partial charge in [0.15, 0.2) is 4.93 Å². The molecule has 0 fully saturated rings. The Bertz CT molecular complexity index is 1080. The van der Waals surface area contributed by atoms with Crippen LogP contribution in [0, 0.1) is 0 Å². The second-order valence-electron chi connectivity index (χ2n) is 6.20. The number of methoxy groups -OCH3 is 2. The Morgan fingerprint density at radius 2 is 1.61 bits per heavy atom. The molecule has 2 aromatic carbocycles. The molecule has 2 heterocycles. The Hall–Kier alpha value is -3.03. The molecule has 0 saturated heterocycles. The number of hydrogen-bond donors (Lipinski definition) is 1. The number of aromatic nitrogens is 1. The molecule has 28 heavy (non-hydrogen) atoms. The molecule has 0 radical (unpaired) electrons. The minimum atomic E-state index is -1.61. The number of ether oxygens (including phenoxy) is 2. The summed E-state index contributed by atoms with van der Waals surface area (Å²) in [6.45, 7) is 0. The van der Waals surface area contributed by atoms with Crippen molar-refractivity contribution >= 4 is 23.7 Å². The fraction of sp³-hybridized carbons (Fsp3) is 0.143. The topological polar surface area (TPSA) is 77.8 Å². The fourth-order valence-corrected chi connectivity index (χ4v) is 4.70. The summed E-state index contributed by atoms with van der Waals surface area (Å²) in [4.78, 5) is 24.3. The molecular weight excluding hydrogens is 378 g/mol. The Labute approximate surface area is 165 Å². The maximum Gasteiger partial charge on any atom is 0.340 e. The van der Waals surface area contributed by atoms with Crippen molar-refractivity contribution in [1.82, 2.24) is 4.57 Å². The average molecular weight is 395 g/mol. The van der Waals surface area contributed by atoms with Gasteiger partial charge in [0.1, 0.15) is 0 Å². The van der Waals surface area contributed by atoms with E-state index in [0.29, 0.717) is 5.56 Å². The first-order chi connectivity index (χ1) is 13.5. The van der Waals surface area contributed by atoms with E-state index < -0.39 is 16.9 Å². The third-order valence-corrected chi connectivity index (χ3v) is 5.96. The fourth-order valence-electron chi connectivity index (χ4n) is 3.41. The molecule has 0 amide bonds. The number of carbonyl (C=O) groups excluding carboxylic acids is 2. The summed E-state index contributed by atoms with van der Waals surface area (Å²) in [5, 5.41) is 11.8. The van der Waals surface area contributed by atoms with Gasteiger partial charge >= 0.3 is 11.9 Å². The molecule has 1 atom stereocenters. The molecule has 1 N–H and O–H groups in total. The van der Waals surface area contributed by atoms with Crippen molar-refractivity contribution in [1.29, 1.82) is 0 Å². The van der Waals surface area contributed by atoms with E-state index in [-0.39, 0.29) is 16.8 Å². The maximum atomic E-state index is 12.7. The third kappa shape index (κ3) is 2.63. The van der Waals surface area contributed by atoms with Crippen molar-refractivity contribution in [3.05, 3.63) is 83.2 Å². The van der Waals surface area contributed by atoms with Gasteiger partial charge in [-0.25, -0.2) is 9.59 Å². The van der Waals surface area contributed by atoms with Gasteiger partial charge in [0.05, 0.1) is 36.7 Å². The third-order valence-electron chi connectivity index (χ3n) is 4.67. The number of nitrogens with zero attached hydrogens (tertiary/aromatic N) is 1. The number of rotatable bonds is 3. The van der Waals surface area contributed by atoms with E-state index in [1.165, 1.54) is 32.2 Å². The smallest absolute Gasteiger partial charge is 0.340 e. The summed E-state index contributed by atoms with van der Waals surface area (Å²) in [5.41, 5.74) is 1.62. The van der Waals surface area contributed by atoms with Crippen LogP contribution in [0.5, 0.6) is 0 Å². The molecule has 1 unspecified atom stereocenters. The highest BCUT2D eigenvalue weighted by atomic mass is 32.2. The highest BCUT2D eigenvalue weighted by Crippen LogP contribution is 2.52. The number of aliphatic hydroxyl groups is 1. The first kappa shape index (κ1) is 18.3. The number of thioether (sulfide) groups is 1. The number of carbonyl (C=O) groups is 2. The standard InChI is InChI=1S/C21H17NO5S/c1-26-19(23)14-12-22-15-10-6-7-11-16(15)28-21(25,13-8-4-3-5-9-13)18(22)17(14)20(24)27-2/h3-12,25H,1-2H3. The van der Waals surface area contributed by atoms with Crippen LogP contribution in [-0.2, 0) is 14.4 Å². The van der Waals surface area contributed by atoms with Crippen LogP contribution in [0.1, 0.15) is 32.0 Å². The number of hydrogen-bond acceptors (Lipinski definition) is 6. The SMILES string of the molecule is COC(=O)c1cn2c(c1C(=O)OC)C(O)(c1ccccc1)Sc1ccccc1-2. The summed E-state index contributed by atoms with van der Waals surface area (Å²) >= 11 is 1.20. The molecule has 0 bridgehead atoms. The van der Waals surface area contributed by atoms with E-state index >= 15 is 0 Å². The monoisotopic (exact) mass is 395 g/mol. The van der Waals surface area contributed by atoms with Gasteiger partial charge in [-0.15, -0.1) is 0 Å². The van der Waals surface area contributed by atoms with Crippen molar-refractivity contribution in [3.63, 3.8) is 0 Å². The summed E-state index contributed by atoms with van der Waals surface area (Å²) in [7, 11) is 2.48. The summed E-state index contributed by atoms with van der Waals surface area (Å²) < 4.78 is 11.5. The summed E-state index contributed by atoms with van der Waals surface area (Å²) in [6.07, 6.45) is 1.51. The zero-order valence-electron chi connectivity index (χ0n) is 15.2. The zero-order chi connectivity index (χ0) is 19.9. The van der Waals surface area contributed by atoms with E-state index in [0.717, 1.165) is 10.6 Å². The Kier molecular flexibility index (Phi) is 4.49. The molecule has 6 nitrogen and oxygen atoms in total. The van der Waals surface area contributed by atoms with Crippen molar-refractivity contribution in [2.45, 2.75) is 9.83 Å². The molecule has 1 aromatic heterocycles. The van der Waals surface area contributed by atoms with Crippen LogP contribution in [0.3, 0.4) is 0 Å². The van der Waals surface area contributed by atoms with E-state index in [1.54, 1.807) is 28.8 Å². The molecule has 0 spiro atoms. The zero-order valence-corrected chi connectivity index (χ0v) is 16.0. The van der Waals surface area contributed by atoms with Crippen LogP contribution >= 0.6 is 11.8 Å². The molecule has 142 valence electrons. The van der Waals surface area contributed by atoms with Gasteiger partial charge in [-0.1, -0.05) is 54.2 Å². The van der Waals surface area contributed by atoms with Gasteiger partial charge in [-0.3, -0.25) is 0 Å². The van der Waals surface area contributed by atoms with Gasteiger partial charge in [0.2, 0.25) is 0 Å². The predicted octanol–water partition coefficient (Wildman–Crippen LogP) is 3.35. The lowest BCUT2D eigenvalue weighted by Crippen LogP contribution is -2.31. The van der Waals surface area contributed by atoms with Crippen LogP contribution in [-0.4, -0.2) is 35.8 Å². The van der Waals surface area contributed by atoms with Gasteiger partial charge in [0.25, 0.3) is 0 Å². The highest BCUT2D eigenvalue weighted by Gasteiger charge is 2.46. The minimum Gasteiger partial charge on any atom is -0.465 e. The van der Waals surface area contributed by atoms with Crippen molar-refractivity contribution in [2.75, 3.05) is 14.2 Å². The molecule has 1 aliphatic rings. The normalized spacial score (nSPS) is 17.4. The van der Waals surface area contributed by atoms with Crippen molar-refractivity contribution < 1.29 is 24.2 Å². The first-order valence-corrected chi connectivity index (χ1v) is 9.31. The van der Waals surface area contributed by atoms with E-state index in [1.807, 2.05) is 30.3 Å². The summed E-state index contributed by atoms with van der Waals surface area (Å²) in [5.74, 6) is -1.40. The molecule has 0 aliphatic carbocycles. The lowest BCUT2D eigenvalue weighted by molar-refractivity contribution is 0.0551. The average Bonchev–Trinajstić information content (AvgIpc) is 3.15. The lowest BCUT2D eigenvalue weighted by atomic mass is 10.00. The molecule has 1 aliphatic heterocycles. The van der Waals surface area contributed by atoms with Crippen LogP contribution in [0.25, 0.3) is 5.69 Å². The molecule has 3 aromatic rings. The lowest BCUT2D eigenvalue weighted by Gasteiger charge is -2.35. The molecule has 0 saturated carbocycles. The largest absolute Gasteiger partial charge is 0.465 e. The number of esters is 2. The van der Waals surface area contributed by atoms with E-state index in [2.05, 4.69) is 0 Å².